The maximum Gasteiger partial charge on any atom is 0.261 e. The van der Waals surface area contributed by atoms with Crippen molar-refractivity contribution in [1.29, 1.82) is 0 Å². The van der Waals surface area contributed by atoms with Gasteiger partial charge in [-0.15, -0.1) is 0 Å². The molecule has 0 radical (unpaired) electrons. The predicted octanol–water partition coefficient (Wildman–Crippen LogP) is 2.46. The van der Waals surface area contributed by atoms with Crippen molar-refractivity contribution in [1.82, 2.24) is 20.3 Å². The molecule has 1 aliphatic rings. The lowest BCUT2D eigenvalue weighted by molar-refractivity contribution is 0.229. The van der Waals surface area contributed by atoms with Crippen molar-refractivity contribution >= 4 is 0 Å². The zero-order valence-corrected chi connectivity index (χ0v) is 11.4. The maximum absolute atomic E-state index is 6.23. The van der Waals surface area contributed by atoms with Crippen LogP contribution in [0.25, 0.3) is 22.7 Å². The number of nitrogens with one attached hydrogen (secondary N) is 1. The average Bonchev–Trinajstić information content (AvgIpc) is 3.14. The van der Waals surface area contributed by atoms with Crippen LogP contribution in [0.3, 0.4) is 0 Å². The number of benzene rings is 1. The van der Waals surface area contributed by atoms with E-state index in [4.69, 9.17) is 10.3 Å². The number of aromatic amines is 1. The quantitative estimate of drug-likeness (QED) is 0.769. The molecule has 0 unspecified atom stereocenters. The molecule has 0 bridgehead atoms. The summed E-state index contributed by atoms with van der Waals surface area (Å²) in [5.41, 5.74) is 8.50. The molecule has 6 heteroatoms. The molecular weight excluding hydrogens is 266 g/mol. The number of nitrogens with two attached hydrogens (primary N) is 1. The number of aromatic nitrogens is 4. The molecule has 0 spiro atoms. The van der Waals surface area contributed by atoms with Gasteiger partial charge in [-0.1, -0.05) is 35.5 Å². The second kappa shape index (κ2) is 4.53. The van der Waals surface area contributed by atoms with E-state index in [0.717, 1.165) is 36.1 Å². The molecule has 1 aliphatic carbocycles. The summed E-state index contributed by atoms with van der Waals surface area (Å²) in [6.07, 6.45) is 4.62. The summed E-state index contributed by atoms with van der Waals surface area (Å²) in [5, 5.41) is 11.1. The summed E-state index contributed by atoms with van der Waals surface area (Å²) < 4.78 is 5.39. The van der Waals surface area contributed by atoms with Crippen LogP contribution in [0.2, 0.25) is 0 Å². The van der Waals surface area contributed by atoms with Gasteiger partial charge in [-0.3, -0.25) is 5.10 Å². The standard InChI is InChI=1S/C15H15N5O/c16-15(7-4-8-15)14-18-13(21-20-14)11-9-17-19-12(11)10-5-2-1-3-6-10/h1-3,5-6,9H,4,7-8,16H2,(H,17,19). The van der Waals surface area contributed by atoms with Crippen LogP contribution in [-0.4, -0.2) is 20.3 Å². The predicted molar refractivity (Wildman–Crippen MR) is 77.0 cm³/mol. The van der Waals surface area contributed by atoms with Gasteiger partial charge in [0.2, 0.25) is 0 Å². The van der Waals surface area contributed by atoms with E-state index in [2.05, 4.69) is 20.3 Å². The first-order chi connectivity index (χ1) is 10.3. The monoisotopic (exact) mass is 281 g/mol. The van der Waals surface area contributed by atoms with Gasteiger partial charge in [0.1, 0.15) is 0 Å². The van der Waals surface area contributed by atoms with Crippen molar-refractivity contribution in [3.8, 4) is 22.7 Å². The molecule has 0 aliphatic heterocycles. The van der Waals surface area contributed by atoms with E-state index in [-0.39, 0.29) is 0 Å². The Balaban J connectivity index is 1.74. The van der Waals surface area contributed by atoms with Crippen LogP contribution >= 0.6 is 0 Å². The molecule has 0 saturated heterocycles. The van der Waals surface area contributed by atoms with Gasteiger partial charge in [0, 0.05) is 5.56 Å². The number of hydrogen-bond donors (Lipinski definition) is 2. The normalized spacial score (nSPS) is 16.6. The van der Waals surface area contributed by atoms with Crippen LogP contribution in [-0.2, 0) is 5.54 Å². The van der Waals surface area contributed by atoms with Crippen molar-refractivity contribution in [2.75, 3.05) is 0 Å². The van der Waals surface area contributed by atoms with E-state index in [1.165, 1.54) is 0 Å². The third-order valence-electron chi connectivity index (χ3n) is 4.05. The van der Waals surface area contributed by atoms with E-state index >= 15 is 0 Å². The summed E-state index contributed by atoms with van der Waals surface area (Å²) in [5.74, 6) is 1.04. The van der Waals surface area contributed by atoms with Crippen LogP contribution in [0.5, 0.6) is 0 Å². The van der Waals surface area contributed by atoms with Gasteiger partial charge in [-0.05, 0) is 19.3 Å². The highest BCUT2D eigenvalue weighted by molar-refractivity contribution is 5.76. The Morgan fingerprint density at radius 1 is 1.19 bits per heavy atom. The number of hydrogen-bond acceptors (Lipinski definition) is 5. The molecule has 0 atom stereocenters. The summed E-state index contributed by atoms with van der Waals surface area (Å²) in [6, 6.07) is 9.93. The number of rotatable bonds is 3. The van der Waals surface area contributed by atoms with Gasteiger partial charge < -0.3 is 10.3 Å². The lowest BCUT2D eigenvalue weighted by Crippen LogP contribution is -2.44. The fourth-order valence-corrected chi connectivity index (χ4v) is 2.59. The van der Waals surface area contributed by atoms with Gasteiger partial charge in [-0.25, -0.2) is 0 Å². The first-order valence-corrected chi connectivity index (χ1v) is 6.98. The highest BCUT2D eigenvalue weighted by Gasteiger charge is 2.39. The fourth-order valence-electron chi connectivity index (χ4n) is 2.59. The Bertz CT molecular complexity index is 757. The van der Waals surface area contributed by atoms with Crippen LogP contribution in [0, 0.1) is 0 Å². The van der Waals surface area contributed by atoms with Gasteiger partial charge in [-0.2, -0.15) is 10.1 Å². The zero-order chi connectivity index (χ0) is 14.3. The van der Waals surface area contributed by atoms with Crippen molar-refractivity contribution in [2.24, 2.45) is 5.73 Å². The molecule has 3 aromatic rings. The van der Waals surface area contributed by atoms with Crippen molar-refractivity contribution in [3.63, 3.8) is 0 Å². The molecule has 1 saturated carbocycles. The molecule has 1 fully saturated rings. The molecule has 106 valence electrons. The molecule has 2 aromatic heterocycles. The Morgan fingerprint density at radius 2 is 2.00 bits per heavy atom. The lowest BCUT2D eigenvalue weighted by Gasteiger charge is -2.34. The van der Waals surface area contributed by atoms with Gasteiger partial charge in [0.15, 0.2) is 5.82 Å². The SMILES string of the molecule is NC1(c2noc(-c3cn[nH]c3-c3ccccc3)n2)CCC1. The highest BCUT2D eigenvalue weighted by atomic mass is 16.5. The summed E-state index contributed by atoms with van der Waals surface area (Å²) in [6.45, 7) is 0. The Morgan fingerprint density at radius 3 is 2.71 bits per heavy atom. The first kappa shape index (κ1) is 12.3. The van der Waals surface area contributed by atoms with E-state index in [0.29, 0.717) is 11.7 Å². The molecule has 3 N–H and O–H groups in total. The van der Waals surface area contributed by atoms with E-state index in [1.807, 2.05) is 30.3 Å². The third-order valence-corrected chi connectivity index (χ3v) is 4.05. The average molecular weight is 281 g/mol. The van der Waals surface area contributed by atoms with E-state index in [9.17, 15) is 0 Å². The summed E-state index contributed by atoms with van der Waals surface area (Å²) in [7, 11) is 0. The van der Waals surface area contributed by atoms with Crippen LogP contribution in [0.4, 0.5) is 0 Å². The summed E-state index contributed by atoms with van der Waals surface area (Å²) in [4.78, 5) is 4.47. The molecular formula is C15H15N5O. The lowest BCUT2D eigenvalue weighted by atomic mass is 9.77. The van der Waals surface area contributed by atoms with E-state index in [1.54, 1.807) is 6.20 Å². The minimum Gasteiger partial charge on any atom is -0.334 e. The Kier molecular flexibility index (Phi) is 2.65. The minimum atomic E-state index is -0.418. The second-order valence-electron chi connectivity index (χ2n) is 5.46. The van der Waals surface area contributed by atoms with Crippen molar-refractivity contribution < 1.29 is 4.52 Å². The topological polar surface area (TPSA) is 93.6 Å². The molecule has 0 amide bonds. The Hall–Kier alpha value is -2.47. The van der Waals surface area contributed by atoms with Gasteiger partial charge in [0.05, 0.1) is 23.0 Å². The molecule has 2 heterocycles. The number of H-pyrrole nitrogens is 1. The molecule has 1 aromatic carbocycles. The van der Waals surface area contributed by atoms with Crippen LogP contribution < -0.4 is 5.73 Å². The zero-order valence-electron chi connectivity index (χ0n) is 11.4. The van der Waals surface area contributed by atoms with Crippen molar-refractivity contribution in [2.45, 2.75) is 24.8 Å². The third kappa shape index (κ3) is 1.95. The van der Waals surface area contributed by atoms with E-state index < -0.39 is 5.54 Å². The van der Waals surface area contributed by atoms with Crippen molar-refractivity contribution in [3.05, 3.63) is 42.4 Å². The minimum absolute atomic E-state index is 0.418. The molecule has 4 rings (SSSR count). The van der Waals surface area contributed by atoms with Crippen LogP contribution in [0.15, 0.2) is 41.1 Å². The Labute approximate surface area is 121 Å². The van der Waals surface area contributed by atoms with Gasteiger partial charge in [0.25, 0.3) is 5.89 Å². The highest BCUT2D eigenvalue weighted by Crippen LogP contribution is 2.38. The summed E-state index contributed by atoms with van der Waals surface area (Å²) >= 11 is 0. The first-order valence-electron chi connectivity index (χ1n) is 6.98. The molecule has 6 nitrogen and oxygen atoms in total. The van der Waals surface area contributed by atoms with Crippen LogP contribution in [0.1, 0.15) is 25.1 Å². The number of nitrogens with zero attached hydrogens (tertiary/aromatic N) is 3. The molecule has 21 heavy (non-hydrogen) atoms. The van der Waals surface area contributed by atoms with Gasteiger partial charge >= 0.3 is 0 Å². The smallest absolute Gasteiger partial charge is 0.261 e. The maximum atomic E-state index is 6.23. The second-order valence-corrected chi connectivity index (χ2v) is 5.46. The largest absolute Gasteiger partial charge is 0.334 e. The fraction of sp³-hybridized carbons (Fsp3) is 0.267.